The number of hydrogen-bond acceptors (Lipinski definition) is 3. The molecular weight excluding hydrogens is 212 g/mol. The van der Waals surface area contributed by atoms with Crippen molar-refractivity contribution in [3.63, 3.8) is 0 Å². The number of nitrogens with two attached hydrogens (primary N) is 1. The van der Waals surface area contributed by atoms with E-state index < -0.39 is 0 Å². The number of hydrogen-bond donors (Lipinski definition) is 2. The lowest BCUT2D eigenvalue weighted by molar-refractivity contribution is 0.342. The summed E-state index contributed by atoms with van der Waals surface area (Å²) in [4.78, 5) is 0. The molecule has 0 atom stereocenters. The third-order valence-corrected chi connectivity index (χ3v) is 3.42. The van der Waals surface area contributed by atoms with Crippen molar-refractivity contribution in [1.29, 1.82) is 0 Å². The van der Waals surface area contributed by atoms with Gasteiger partial charge in [-0.3, -0.25) is 0 Å². The summed E-state index contributed by atoms with van der Waals surface area (Å²) in [6, 6.07) is 5.91. The van der Waals surface area contributed by atoms with E-state index >= 15 is 0 Å². The van der Waals surface area contributed by atoms with Gasteiger partial charge < -0.3 is 15.8 Å². The number of nitrogens with one attached hydrogen (secondary N) is 1. The molecule has 0 aliphatic heterocycles. The van der Waals surface area contributed by atoms with Crippen molar-refractivity contribution in [1.82, 2.24) is 0 Å². The molecule has 0 aromatic heterocycles. The average Bonchev–Trinajstić information content (AvgIpc) is 3.08. The minimum absolute atomic E-state index is 0.110. The summed E-state index contributed by atoms with van der Waals surface area (Å²) in [5.74, 6) is 1.53. The lowest BCUT2D eigenvalue weighted by atomic mass is 9.98. The fraction of sp³-hybridized carbons (Fsp3) is 0.571. The Bertz CT molecular complexity index is 397. The van der Waals surface area contributed by atoms with Crippen LogP contribution < -0.4 is 15.8 Å². The predicted octanol–water partition coefficient (Wildman–Crippen LogP) is 3.27. The van der Waals surface area contributed by atoms with Gasteiger partial charge in [0.2, 0.25) is 0 Å². The van der Waals surface area contributed by atoms with E-state index in [1.807, 2.05) is 25.1 Å². The van der Waals surface area contributed by atoms with Crippen LogP contribution in [0.25, 0.3) is 0 Å². The van der Waals surface area contributed by atoms with Gasteiger partial charge >= 0.3 is 0 Å². The highest BCUT2D eigenvalue weighted by Gasteiger charge is 2.37. The van der Waals surface area contributed by atoms with Gasteiger partial charge in [0.25, 0.3) is 0 Å². The van der Waals surface area contributed by atoms with Gasteiger partial charge in [-0.2, -0.15) is 0 Å². The van der Waals surface area contributed by atoms with Gasteiger partial charge in [0, 0.05) is 5.54 Å². The maximum Gasteiger partial charge on any atom is 0.144 e. The largest absolute Gasteiger partial charge is 0.492 e. The molecular formula is C14H22N2O. The molecule has 1 fully saturated rings. The first kappa shape index (κ1) is 12.1. The van der Waals surface area contributed by atoms with Gasteiger partial charge in [-0.05, 0) is 51.7 Å². The van der Waals surface area contributed by atoms with Gasteiger partial charge in [0.1, 0.15) is 5.75 Å². The van der Waals surface area contributed by atoms with Crippen molar-refractivity contribution in [2.45, 2.75) is 39.2 Å². The van der Waals surface area contributed by atoms with Crippen LogP contribution in [0.2, 0.25) is 0 Å². The first-order chi connectivity index (χ1) is 8.04. The first-order valence-corrected chi connectivity index (χ1v) is 6.34. The molecule has 1 aliphatic rings. The summed E-state index contributed by atoms with van der Waals surface area (Å²) >= 11 is 0. The summed E-state index contributed by atoms with van der Waals surface area (Å²) in [5.41, 5.74) is 7.91. The normalized spacial score (nSPS) is 15.7. The van der Waals surface area contributed by atoms with E-state index in [9.17, 15) is 0 Å². The van der Waals surface area contributed by atoms with Gasteiger partial charge in [0.15, 0.2) is 0 Å². The second-order valence-electron chi connectivity index (χ2n) is 5.27. The summed E-state index contributed by atoms with van der Waals surface area (Å²) in [6.45, 7) is 7.07. The second-order valence-corrected chi connectivity index (χ2v) is 5.27. The Morgan fingerprint density at radius 2 is 2.12 bits per heavy atom. The van der Waals surface area contributed by atoms with Gasteiger partial charge in [-0.15, -0.1) is 0 Å². The highest BCUT2D eigenvalue weighted by molar-refractivity contribution is 5.73. The molecule has 17 heavy (non-hydrogen) atoms. The zero-order chi connectivity index (χ0) is 12.5. The van der Waals surface area contributed by atoms with Crippen LogP contribution in [0.3, 0.4) is 0 Å². The van der Waals surface area contributed by atoms with Crippen LogP contribution in [0.15, 0.2) is 18.2 Å². The maximum atomic E-state index is 6.11. The van der Waals surface area contributed by atoms with Gasteiger partial charge in [-0.1, -0.05) is 6.07 Å². The van der Waals surface area contributed by atoms with E-state index in [0.29, 0.717) is 12.3 Å². The van der Waals surface area contributed by atoms with Crippen molar-refractivity contribution in [3.05, 3.63) is 18.2 Å². The van der Waals surface area contributed by atoms with Crippen molar-refractivity contribution in [2.24, 2.45) is 5.92 Å². The Balaban J connectivity index is 2.17. The molecule has 3 heteroatoms. The van der Waals surface area contributed by atoms with Crippen molar-refractivity contribution >= 4 is 11.4 Å². The van der Waals surface area contributed by atoms with Crippen molar-refractivity contribution in [2.75, 3.05) is 17.7 Å². The minimum Gasteiger partial charge on any atom is -0.492 e. The number of ether oxygens (including phenoxy) is 1. The fourth-order valence-corrected chi connectivity index (χ4v) is 2.19. The van der Waals surface area contributed by atoms with Crippen molar-refractivity contribution in [3.8, 4) is 5.75 Å². The van der Waals surface area contributed by atoms with E-state index in [-0.39, 0.29) is 5.54 Å². The Kier molecular flexibility index (Phi) is 3.18. The van der Waals surface area contributed by atoms with Crippen LogP contribution >= 0.6 is 0 Å². The summed E-state index contributed by atoms with van der Waals surface area (Å²) in [6.07, 6.45) is 2.62. The zero-order valence-corrected chi connectivity index (χ0v) is 10.9. The molecule has 1 aromatic carbocycles. The molecule has 1 aromatic rings. The summed E-state index contributed by atoms with van der Waals surface area (Å²) < 4.78 is 5.50. The topological polar surface area (TPSA) is 47.3 Å². The smallest absolute Gasteiger partial charge is 0.144 e. The van der Waals surface area contributed by atoms with E-state index in [4.69, 9.17) is 10.5 Å². The minimum atomic E-state index is 0.110. The van der Waals surface area contributed by atoms with E-state index in [0.717, 1.165) is 17.4 Å². The lowest BCUT2D eigenvalue weighted by Gasteiger charge is -2.28. The first-order valence-electron chi connectivity index (χ1n) is 6.34. The molecule has 0 heterocycles. The molecule has 0 amide bonds. The summed E-state index contributed by atoms with van der Waals surface area (Å²) in [7, 11) is 0. The molecule has 0 unspecified atom stereocenters. The summed E-state index contributed by atoms with van der Waals surface area (Å²) in [5, 5.41) is 3.54. The number of anilines is 2. The third kappa shape index (κ3) is 2.65. The number of para-hydroxylation sites is 1. The standard InChI is InChI=1S/C14H22N2O/c1-4-17-12-7-5-6-11(13(12)15)16-14(2,3)10-8-9-10/h5-7,10,16H,4,8-9,15H2,1-3H3. The van der Waals surface area contributed by atoms with Crippen LogP contribution in [0.1, 0.15) is 33.6 Å². The molecule has 3 N–H and O–H groups in total. The van der Waals surface area contributed by atoms with E-state index in [1.54, 1.807) is 0 Å². The van der Waals surface area contributed by atoms with Crippen LogP contribution in [-0.4, -0.2) is 12.1 Å². The van der Waals surface area contributed by atoms with Crippen LogP contribution in [0.4, 0.5) is 11.4 Å². The van der Waals surface area contributed by atoms with Crippen LogP contribution in [0, 0.1) is 5.92 Å². The lowest BCUT2D eigenvalue weighted by Crippen LogP contribution is -2.33. The molecule has 0 radical (unpaired) electrons. The van der Waals surface area contributed by atoms with Crippen LogP contribution in [-0.2, 0) is 0 Å². The predicted molar refractivity (Wildman–Crippen MR) is 72.4 cm³/mol. The third-order valence-electron chi connectivity index (χ3n) is 3.42. The molecule has 0 spiro atoms. The van der Waals surface area contributed by atoms with Gasteiger partial charge in [0.05, 0.1) is 18.0 Å². The van der Waals surface area contributed by atoms with E-state index in [1.165, 1.54) is 12.8 Å². The number of rotatable bonds is 5. The Hall–Kier alpha value is -1.38. The SMILES string of the molecule is CCOc1cccc(NC(C)(C)C2CC2)c1N. The molecule has 2 rings (SSSR count). The molecule has 0 bridgehead atoms. The monoisotopic (exact) mass is 234 g/mol. The average molecular weight is 234 g/mol. The highest BCUT2D eigenvalue weighted by Crippen LogP contribution is 2.42. The zero-order valence-electron chi connectivity index (χ0n) is 10.9. The van der Waals surface area contributed by atoms with Crippen LogP contribution in [0.5, 0.6) is 5.75 Å². The van der Waals surface area contributed by atoms with E-state index in [2.05, 4.69) is 19.2 Å². The Labute approximate surface area is 103 Å². The number of nitrogen functional groups attached to an aromatic ring is 1. The number of benzene rings is 1. The Morgan fingerprint density at radius 3 is 2.71 bits per heavy atom. The quantitative estimate of drug-likeness (QED) is 0.769. The molecule has 94 valence electrons. The second kappa shape index (κ2) is 4.47. The van der Waals surface area contributed by atoms with Gasteiger partial charge in [-0.25, -0.2) is 0 Å². The molecule has 3 nitrogen and oxygen atoms in total. The van der Waals surface area contributed by atoms with Crippen molar-refractivity contribution < 1.29 is 4.74 Å². The molecule has 1 saturated carbocycles. The Morgan fingerprint density at radius 1 is 1.41 bits per heavy atom. The molecule has 0 saturated heterocycles. The highest BCUT2D eigenvalue weighted by atomic mass is 16.5. The maximum absolute atomic E-state index is 6.11. The fourth-order valence-electron chi connectivity index (χ4n) is 2.19. The molecule has 1 aliphatic carbocycles.